The van der Waals surface area contributed by atoms with Gasteiger partial charge in [-0.25, -0.2) is 4.98 Å². The van der Waals surface area contributed by atoms with Crippen molar-refractivity contribution >= 4 is 5.82 Å². The van der Waals surface area contributed by atoms with Gasteiger partial charge in [-0.15, -0.1) is 0 Å². The molecular weight excluding hydrogens is 246 g/mol. The number of aromatic amines is 1. The van der Waals surface area contributed by atoms with E-state index < -0.39 is 5.54 Å². The van der Waals surface area contributed by atoms with Crippen molar-refractivity contribution in [1.82, 2.24) is 9.97 Å². The number of methoxy groups -OCH3 is 1. The van der Waals surface area contributed by atoms with E-state index in [-0.39, 0.29) is 17.9 Å². The van der Waals surface area contributed by atoms with Crippen LogP contribution in [-0.2, 0) is 0 Å². The van der Waals surface area contributed by atoms with Gasteiger partial charge >= 0.3 is 0 Å². The first-order valence-electron chi connectivity index (χ1n) is 6.61. The monoisotopic (exact) mass is 267 g/mol. The van der Waals surface area contributed by atoms with E-state index in [0.717, 1.165) is 25.7 Å². The van der Waals surface area contributed by atoms with Crippen molar-refractivity contribution in [2.75, 3.05) is 19.0 Å². The van der Waals surface area contributed by atoms with Crippen LogP contribution >= 0.6 is 0 Å². The van der Waals surface area contributed by atoms with Gasteiger partial charge in [0.25, 0.3) is 5.56 Å². The second-order valence-corrected chi connectivity index (χ2v) is 5.36. The summed E-state index contributed by atoms with van der Waals surface area (Å²) in [4.78, 5) is 18.2. The topological polar surface area (TPSA) is 87.2 Å². The maximum atomic E-state index is 11.6. The van der Waals surface area contributed by atoms with Gasteiger partial charge in [-0.05, 0) is 31.6 Å². The maximum absolute atomic E-state index is 11.6. The molecule has 0 aliphatic heterocycles. The fourth-order valence-corrected chi connectivity index (χ4v) is 2.55. The Morgan fingerprint density at radius 1 is 1.58 bits per heavy atom. The minimum absolute atomic E-state index is 0.0252. The van der Waals surface area contributed by atoms with Crippen molar-refractivity contribution in [2.45, 2.75) is 38.1 Å². The summed E-state index contributed by atoms with van der Waals surface area (Å²) >= 11 is 0. The van der Waals surface area contributed by atoms with Crippen molar-refractivity contribution < 1.29 is 9.84 Å². The molecule has 1 saturated carbocycles. The van der Waals surface area contributed by atoms with Crippen LogP contribution in [-0.4, -0.2) is 34.3 Å². The van der Waals surface area contributed by atoms with Gasteiger partial charge < -0.3 is 20.1 Å². The van der Waals surface area contributed by atoms with Gasteiger partial charge in [0, 0.05) is 0 Å². The van der Waals surface area contributed by atoms with E-state index in [4.69, 9.17) is 4.74 Å². The number of rotatable bonds is 4. The molecule has 1 fully saturated rings. The van der Waals surface area contributed by atoms with Crippen LogP contribution in [0.2, 0.25) is 0 Å². The average Bonchev–Trinajstić information content (AvgIpc) is 2.42. The normalized spacial score (nSPS) is 27.0. The number of ether oxygens (including phenoxy) is 1. The molecule has 0 aromatic carbocycles. The van der Waals surface area contributed by atoms with Crippen LogP contribution in [0.3, 0.4) is 0 Å². The number of H-pyrrole nitrogens is 1. The molecule has 2 rings (SSSR count). The highest BCUT2D eigenvalue weighted by Crippen LogP contribution is 2.35. The third kappa shape index (κ3) is 2.89. The lowest BCUT2D eigenvalue weighted by Gasteiger charge is -2.39. The van der Waals surface area contributed by atoms with E-state index in [2.05, 4.69) is 22.2 Å². The number of aliphatic hydroxyl groups is 1. The third-order valence-corrected chi connectivity index (χ3v) is 3.93. The Kier molecular flexibility index (Phi) is 4.09. The Morgan fingerprint density at radius 3 is 2.84 bits per heavy atom. The zero-order valence-corrected chi connectivity index (χ0v) is 11.4. The molecule has 1 aliphatic carbocycles. The van der Waals surface area contributed by atoms with Crippen molar-refractivity contribution in [3.8, 4) is 5.75 Å². The second kappa shape index (κ2) is 5.61. The number of hydrogen-bond acceptors (Lipinski definition) is 5. The Morgan fingerprint density at radius 2 is 2.26 bits per heavy atom. The Bertz CT molecular complexity index is 478. The van der Waals surface area contributed by atoms with Crippen LogP contribution in [0.4, 0.5) is 5.82 Å². The zero-order chi connectivity index (χ0) is 13.9. The summed E-state index contributed by atoms with van der Waals surface area (Å²) in [7, 11) is 1.44. The molecule has 0 atom stereocenters. The smallest absolute Gasteiger partial charge is 0.295 e. The van der Waals surface area contributed by atoms with E-state index in [1.165, 1.54) is 13.4 Å². The summed E-state index contributed by atoms with van der Waals surface area (Å²) in [6.45, 7) is 2.24. The van der Waals surface area contributed by atoms with E-state index in [0.29, 0.717) is 11.7 Å². The highest BCUT2D eigenvalue weighted by atomic mass is 16.5. The summed E-state index contributed by atoms with van der Waals surface area (Å²) in [5, 5.41) is 12.9. The molecule has 19 heavy (non-hydrogen) atoms. The fraction of sp³-hybridized carbons (Fsp3) is 0.692. The fourth-order valence-electron chi connectivity index (χ4n) is 2.55. The van der Waals surface area contributed by atoms with Crippen LogP contribution < -0.4 is 15.6 Å². The third-order valence-electron chi connectivity index (χ3n) is 3.93. The Labute approximate surface area is 112 Å². The van der Waals surface area contributed by atoms with Crippen molar-refractivity contribution in [3.05, 3.63) is 16.7 Å². The summed E-state index contributed by atoms with van der Waals surface area (Å²) in [6.07, 6.45) is 5.17. The summed E-state index contributed by atoms with van der Waals surface area (Å²) in [5.41, 5.74) is -0.724. The van der Waals surface area contributed by atoms with Crippen molar-refractivity contribution in [2.24, 2.45) is 5.92 Å². The number of aromatic nitrogens is 2. The molecule has 1 heterocycles. The molecule has 0 saturated heterocycles. The second-order valence-electron chi connectivity index (χ2n) is 5.36. The summed E-state index contributed by atoms with van der Waals surface area (Å²) < 4.78 is 5.08. The molecule has 1 aliphatic rings. The van der Waals surface area contributed by atoms with Crippen LogP contribution in [0.25, 0.3) is 0 Å². The Balaban J connectivity index is 2.24. The first-order valence-corrected chi connectivity index (χ1v) is 6.61. The summed E-state index contributed by atoms with van der Waals surface area (Å²) in [6, 6.07) is 0. The largest absolute Gasteiger partial charge is 0.489 e. The predicted molar refractivity (Wildman–Crippen MR) is 72.5 cm³/mol. The molecule has 6 heteroatoms. The number of hydrogen-bond donors (Lipinski definition) is 3. The minimum atomic E-state index is -0.402. The highest BCUT2D eigenvalue weighted by molar-refractivity contribution is 5.50. The lowest BCUT2D eigenvalue weighted by atomic mass is 9.77. The number of anilines is 1. The molecule has 0 unspecified atom stereocenters. The number of nitrogens with zero attached hydrogens (tertiary/aromatic N) is 1. The number of aliphatic hydroxyl groups excluding tert-OH is 1. The molecular formula is C13H21N3O3. The van der Waals surface area contributed by atoms with Gasteiger partial charge in [0.1, 0.15) is 0 Å². The lowest BCUT2D eigenvalue weighted by Crippen LogP contribution is -2.45. The molecule has 0 amide bonds. The van der Waals surface area contributed by atoms with Gasteiger partial charge in [-0.1, -0.05) is 6.92 Å². The first kappa shape index (κ1) is 13.9. The molecule has 0 bridgehead atoms. The molecule has 106 valence electrons. The zero-order valence-electron chi connectivity index (χ0n) is 11.4. The van der Waals surface area contributed by atoms with Crippen LogP contribution in [0.5, 0.6) is 5.75 Å². The number of nitrogens with one attached hydrogen (secondary N) is 2. The van der Waals surface area contributed by atoms with E-state index in [9.17, 15) is 9.90 Å². The molecule has 0 spiro atoms. The molecule has 1 aromatic heterocycles. The Hall–Kier alpha value is -1.56. The lowest BCUT2D eigenvalue weighted by molar-refractivity contribution is 0.154. The van der Waals surface area contributed by atoms with Crippen LogP contribution in [0.1, 0.15) is 32.6 Å². The van der Waals surface area contributed by atoms with Gasteiger partial charge in [0.2, 0.25) is 5.75 Å². The minimum Gasteiger partial charge on any atom is -0.489 e. The first-order chi connectivity index (χ1) is 9.10. The molecule has 0 radical (unpaired) electrons. The van der Waals surface area contributed by atoms with E-state index in [1.54, 1.807) is 0 Å². The van der Waals surface area contributed by atoms with Gasteiger partial charge in [-0.2, -0.15) is 0 Å². The average molecular weight is 267 g/mol. The maximum Gasteiger partial charge on any atom is 0.295 e. The molecule has 3 N–H and O–H groups in total. The standard InChI is InChI=1S/C13H21N3O3/c1-9-3-5-13(7-17,6-4-9)16-11-10(19-2)12(18)15-8-14-11/h8-9,17H,3-7H2,1-2H3,(H2,14,15,16,18). The SMILES string of the molecule is COc1c(NC2(CO)CCC(C)CC2)nc[nH]c1=O. The quantitative estimate of drug-likeness (QED) is 0.761. The van der Waals surface area contributed by atoms with Crippen LogP contribution in [0, 0.1) is 5.92 Å². The van der Waals surface area contributed by atoms with Crippen LogP contribution in [0.15, 0.2) is 11.1 Å². The predicted octanol–water partition coefficient (Wildman–Crippen LogP) is 1.13. The van der Waals surface area contributed by atoms with Gasteiger partial charge in [-0.3, -0.25) is 4.79 Å². The van der Waals surface area contributed by atoms with Gasteiger partial charge in [0.15, 0.2) is 5.82 Å². The molecule has 6 nitrogen and oxygen atoms in total. The van der Waals surface area contributed by atoms with E-state index >= 15 is 0 Å². The molecule has 1 aromatic rings. The van der Waals surface area contributed by atoms with Crippen molar-refractivity contribution in [3.63, 3.8) is 0 Å². The highest BCUT2D eigenvalue weighted by Gasteiger charge is 2.34. The summed E-state index contributed by atoms with van der Waals surface area (Å²) in [5.74, 6) is 1.24. The van der Waals surface area contributed by atoms with Gasteiger partial charge in [0.05, 0.1) is 25.6 Å². The van der Waals surface area contributed by atoms with Crippen molar-refractivity contribution in [1.29, 1.82) is 0 Å². The van der Waals surface area contributed by atoms with E-state index in [1.807, 2.05) is 0 Å².